The summed E-state index contributed by atoms with van der Waals surface area (Å²) in [6.45, 7) is 12.0. The predicted molar refractivity (Wildman–Crippen MR) is 278 cm³/mol. The highest BCUT2D eigenvalue weighted by atomic mass is 14.7. The van der Waals surface area contributed by atoms with E-state index in [4.69, 9.17) is 11.1 Å². The third kappa shape index (κ3) is 10.1. The molecule has 6 aromatic rings. The van der Waals surface area contributed by atoms with Crippen LogP contribution in [0.15, 0.2) is 237 Å². The number of hydrogen-bond donors (Lipinski definition) is 2. The first-order valence-electron chi connectivity index (χ1n) is 22.4. The van der Waals surface area contributed by atoms with Gasteiger partial charge in [-0.2, -0.15) is 0 Å². The molecule has 0 aromatic heterocycles. The molecule has 3 aliphatic rings. The molecule has 0 spiro atoms. The first-order valence-corrected chi connectivity index (χ1v) is 22.4. The first-order chi connectivity index (χ1) is 31.6. The molecule has 2 atom stereocenters. The lowest BCUT2D eigenvalue weighted by Crippen LogP contribution is -2.30. The average molecular weight is 833 g/mol. The Bertz CT molecular complexity index is 2800. The van der Waals surface area contributed by atoms with Crippen LogP contribution >= 0.6 is 0 Å². The fraction of sp³-hybridized carbons (Fsp3) is 0.129. The van der Waals surface area contributed by atoms with E-state index in [1.165, 1.54) is 77.6 Å². The SMILES string of the molecule is C=C/C=C\C=C/c1cc2ccccc2cc1C1(c2ccc3c(c2)CCC=C3)C2=C(c3ccccc31)C(/C=C/C=C\C=C/C=C/C)C=C2.CC.Cc1ccc(-c2ccccc2)cc1.N=N. The monoisotopic (exact) mass is 832 g/mol. The molecule has 6 aromatic carbocycles. The van der Waals surface area contributed by atoms with Crippen molar-refractivity contribution in [3.63, 3.8) is 0 Å². The van der Waals surface area contributed by atoms with E-state index in [2.05, 4.69) is 220 Å². The fourth-order valence-corrected chi connectivity index (χ4v) is 8.94. The molecule has 3 aliphatic carbocycles. The van der Waals surface area contributed by atoms with Crippen LogP contribution in [0.5, 0.6) is 0 Å². The van der Waals surface area contributed by atoms with Crippen LogP contribution in [0.2, 0.25) is 0 Å². The van der Waals surface area contributed by atoms with Gasteiger partial charge in [-0.05, 0) is 111 Å². The van der Waals surface area contributed by atoms with E-state index < -0.39 is 5.41 Å². The Morgan fingerprint density at radius 2 is 1.28 bits per heavy atom. The van der Waals surface area contributed by atoms with Crippen LogP contribution in [0.1, 0.15) is 71.7 Å². The van der Waals surface area contributed by atoms with E-state index in [0.717, 1.165) is 12.8 Å². The van der Waals surface area contributed by atoms with E-state index in [1.54, 1.807) is 0 Å². The van der Waals surface area contributed by atoms with Gasteiger partial charge in [0.2, 0.25) is 0 Å². The zero-order valence-electron chi connectivity index (χ0n) is 37.7. The van der Waals surface area contributed by atoms with Gasteiger partial charge in [-0.3, -0.25) is 0 Å². The van der Waals surface area contributed by atoms with Crippen LogP contribution in [0.25, 0.3) is 39.6 Å². The molecule has 2 heteroatoms. The quantitative estimate of drug-likeness (QED) is 0.102. The maximum atomic E-state index is 5.00. The third-order valence-corrected chi connectivity index (χ3v) is 11.8. The number of hydrogen-bond acceptors (Lipinski definition) is 2. The summed E-state index contributed by atoms with van der Waals surface area (Å²) >= 11 is 0. The second-order valence-corrected chi connectivity index (χ2v) is 15.5. The van der Waals surface area contributed by atoms with Crippen LogP contribution < -0.4 is 0 Å². The van der Waals surface area contributed by atoms with Crippen LogP contribution in [-0.2, 0) is 11.8 Å². The van der Waals surface area contributed by atoms with Crippen LogP contribution in [0, 0.1) is 23.9 Å². The van der Waals surface area contributed by atoms with E-state index >= 15 is 0 Å². The molecule has 0 amide bonds. The van der Waals surface area contributed by atoms with Crippen molar-refractivity contribution in [3.8, 4) is 11.1 Å². The highest BCUT2D eigenvalue weighted by Gasteiger charge is 2.50. The Kier molecular flexibility index (Phi) is 16.7. The molecule has 0 radical (unpaired) electrons. The van der Waals surface area contributed by atoms with Gasteiger partial charge in [0, 0.05) is 5.92 Å². The van der Waals surface area contributed by atoms with E-state index in [1.807, 2.05) is 51.1 Å². The number of rotatable bonds is 10. The summed E-state index contributed by atoms with van der Waals surface area (Å²) in [5.41, 5.74) is 25.5. The molecule has 0 bridgehead atoms. The molecule has 0 heterocycles. The fourth-order valence-electron chi connectivity index (χ4n) is 8.94. The molecule has 2 N–H and O–H groups in total. The normalized spacial score (nSPS) is 17.1. The molecule has 0 saturated heterocycles. The molecule has 0 fully saturated rings. The van der Waals surface area contributed by atoms with Gasteiger partial charge in [0.25, 0.3) is 0 Å². The van der Waals surface area contributed by atoms with E-state index in [9.17, 15) is 0 Å². The number of nitrogens with one attached hydrogen (secondary N) is 2. The standard InChI is InChI=1S/C47H40.C13H12.C2H6.H2N2/c1-3-5-7-9-10-11-13-21-36-29-31-44-46(36)42-26-18-19-27-43(42)47(44,41-30-28-35-20-14-15-23-38(35)33-41)45-34-39-24-17-16-22-37(39)32-40(45)25-12-8-6-4-2;1-11-7-9-13(10-8-11)12-5-3-2-4-6-12;2*1-2/h3-14,16-22,24-34,36H,2,15,23H2,1H3;2-10H,1H3;1-2H3;1-2H/b5-3+,8-6-,9-7-,11-10-,21-13+,25-12-;;;. The van der Waals surface area contributed by atoms with Crippen LogP contribution in [0.3, 0.4) is 0 Å². The van der Waals surface area contributed by atoms with Crippen LogP contribution in [-0.4, -0.2) is 0 Å². The zero-order valence-corrected chi connectivity index (χ0v) is 37.7. The Hall–Kier alpha value is -7.42. The van der Waals surface area contributed by atoms with Crippen molar-refractivity contribution in [2.75, 3.05) is 0 Å². The Labute approximate surface area is 382 Å². The lowest BCUT2D eigenvalue weighted by molar-refractivity contribution is 0.758. The van der Waals surface area contributed by atoms with Gasteiger partial charge in [0.1, 0.15) is 0 Å². The summed E-state index contributed by atoms with van der Waals surface area (Å²) in [7, 11) is 0. The average Bonchev–Trinajstić information content (AvgIpc) is 3.91. The number of benzene rings is 6. The second-order valence-electron chi connectivity index (χ2n) is 15.5. The molecular weight excluding hydrogens is 773 g/mol. The van der Waals surface area contributed by atoms with Crippen molar-refractivity contribution in [3.05, 3.63) is 281 Å². The van der Waals surface area contributed by atoms with Gasteiger partial charge in [-0.1, -0.05) is 251 Å². The first kappa shape index (κ1) is 46.1. The van der Waals surface area contributed by atoms with E-state index in [0.29, 0.717) is 0 Å². The molecule has 2 nitrogen and oxygen atoms in total. The highest BCUT2D eigenvalue weighted by molar-refractivity contribution is 5.95. The smallest absolute Gasteiger partial charge is 0.0716 e. The topological polar surface area (TPSA) is 47.7 Å². The Morgan fingerprint density at radius 3 is 2.03 bits per heavy atom. The number of fused-ring (bicyclic) bond motifs is 4. The molecule has 0 aliphatic heterocycles. The molecule has 64 heavy (non-hydrogen) atoms. The van der Waals surface area contributed by atoms with Gasteiger partial charge >= 0.3 is 0 Å². The predicted octanol–water partition coefficient (Wildman–Crippen LogP) is 17.4. The van der Waals surface area contributed by atoms with Gasteiger partial charge in [-0.15, -0.1) is 0 Å². The summed E-state index contributed by atoms with van der Waals surface area (Å²) in [6, 6.07) is 48.9. The molecule has 0 saturated carbocycles. The summed E-state index contributed by atoms with van der Waals surface area (Å²) < 4.78 is 0. The van der Waals surface area contributed by atoms with Gasteiger partial charge in [0.15, 0.2) is 0 Å². The maximum absolute atomic E-state index is 5.00. The van der Waals surface area contributed by atoms with Gasteiger partial charge in [0.05, 0.1) is 5.41 Å². The molecule has 2 unspecified atom stereocenters. The van der Waals surface area contributed by atoms with Crippen LogP contribution in [0.4, 0.5) is 0 Å². The second kappa shape index (κ2) is 23.1. The third-order valence-electron chi connectivity index (χ3n) is 11.8. The van der Waals surface area contributed by atoms with Crippen molar-refractivity contribution >= 4 is 28.5 Å². The van der Waals surface area contributed by atoms with Gasteiger partial charge in [-0.25, -0.2) is 11.1 Å². The van der Waals surface area contributed by atoms with Crippen molar-refractivity contribution in [1.29, 1.82) is 11.1 Å². The molecule has 318 valence electrons. The minimum Gasteiger partial charge on any atom is -0.213 e. The molecular formula is C62H60N2. The van der Waals surface area contributed by atoms with Gasteiger partial charge < -0.3 is 0 Å². The minimum absolute atomic E-state index is 0.188. The zero-order chi connectivity index (χ0) is 45.2. The largest absolute Gasteiger partial charge is 0.213 e. The van der Waals surface area contributed by atoms with Crippen molar-refractivity contribution < 1.29 is 0 Å². The Morgan fingerprint density at radius 1 is 0.625 bits per heavy atom. The lowest BCUT2D eigenvalue weighted by atomic mass is 9.64. The number of allylic oxidation sites excluding steroid dienone is 17. The number of aryl methyl sites for hydroxylation is 2. The maximum Gasteiger partial charge on any atom is 0.0716 e. The highest BCUT2D eigenvalue weighted by Crippen LogP contribution is 2.60. The summed E-state index contributed by atoms with van der Waals surface area (Å²) in [4.78, 5) is 0. The summed E-state index contributed by atoms with van der Waals surface area (Å²) in [5.74, 6) is 0.188. The summed E-state index contributed by atoms with van der Waals surface area (Å²) in [6.07, 6.45) is 38.8. The van der Waals surface area contributed by atoms with Crippen molar-refractivity contribution in [1.82, 2.24) is 0 Å². The minimum atomic E-state index is -0.474. The molecule has 9 rings (SSSR count). The summed E-state index contributed by atoms with van der Waals surface area (Å²) in [5, 5.41) is 2.50. The van der Waals surface area contributed by atoms with Crippen molar-refractivity contribution in [2.24, 2.45) is 5.92 Å². The lowest BCUT2D eigenvalue weighted by Gasteiger charge is -2.37. The Balaban J connectivity index is 0.000000338. The van der Waals surface area contributed by atoms with E-state index in [-0.39, 0.29) is 5.92 Å². The van der Waals surface area contributed by atoms with Crippen molar-refractivity contribution in [2.45, 2.75) is 46.0 Å².